The summed E-state index contributed by atoms with van der Waals surface area (Å²) in [7, 11) is 0. The first-order valence-electron chi connectivity index (χ1n) is 9.62. The monoisotopic (exact) mass is 457 g/mol. The number of carbonyl (C=O) groups excluding carboxylic acids is 1. The van der Waals surface area contributed by atoms with Crippen LogP contribution in [0.1, 0.15) is 19.4 Å². The molecule has 0 aliphatic carbocycles. The predicted molar refractivity (Wildman–Crippen MR) is 123 cm³/mol. The van der Waals surface area contributed by atoms with Crippen LogP contribution in [0.15, 0.2) is 60.7 Å². The van der Waals surface area contributed by atoms with E-state index in [1.165, 1.54) is 12.1 Å². The Bertz CT molecular complexity index is 1090. The third kappa shape index (κ3) is 5.78. The summed E-state index contributed by atoms with van der Waals surface area (Å²) in [4.78, 5) is 23.2. The third-order valence-corrected chi connectivity index (χ3v) is 5.05. The molecule has 0 fully saturated rings. The van der Waals surface area contributed by atoms with E-state index in [-0.39, 0.29) is 34.0 Å². The number of carboxylic acids is 1. The smallest absolute Gasteiger partial charge is 0.307 e. The first-order chi connectivity index (χ1) is 14.7. The van der Waals surface area contributed by atoms with Crippen molar-refractivity contribution in [3.8, 4) is 22.6 Å². The Hall–Kier alpha value is -3.02. The van der Waals surface area contributed by atoms with Gasteiger partial charge < -0.3 is 15.2 Å². The van der Waals surface area contributed by atoms with Crippen molar-refractivity contribution in [1.82, 2.24) is 0 Å². The van der Waals surface area contributed by atoms with Crippen molar-refractivity contribution in [2.24, 2.45) is 5.92 Å². The molecule has 0 bridgehead atoms. The average molecular weight is 458 g/mol. The maximum Gasteiger partial charge on any atom is 0.307 e. The second kappa shape index (κ2) is 9.86. The fourth-order valence-electron chi connectivity index (χ4n) is 2.93. The molecule has 5 nitrogen and oxygen atoms in total. The normalized spacial score (nSPS) is 10.7. The highest BCUT2D eigenvalue weighted by atomic mass is 35.5. The van der Waals surface area contributed by atoms with Crippen LogP contribution in [0.5, 0.6) is 11.5 Å². The summed E-state index contributed by atoms with van der Waals surface area (Å²) < 4.78 is 5.95. The van der Waals surface area contributed by atoms with Crippen molar-refractivity contribution in [3.05, 3.63) is 76.3 Å². The van der Waals surface area contributed by atoms with Crippen LogP contribution in [0.25, 0.3) is 11.1 Å². The van der Waals surface area contributed by atoms with Gasteiger partial charge in [0.05, 0.1) is 16.5 Å². The number of carbonyl (C=O) groups is 2. The van der Waals surface area contributed by atoms with Crippen LogP contribution >= 0.6 is 23.2 Å². The van der Waals surface area contributed by atoms with E-state index in [9.17, 15) is 9.59 Å². The van der Waals surface area contributed by atoms with Gasteiger partial charge in [0.25, 0.3) is 0 Å². The number of amides is 1. The number of nitrogens with one attached hydrogen (secondary N) is 1. The van der Waals surface area contributed by atoms with E-state index in [2.05, 4.69) is 5.32 Å². The molecule has 0 unspecified atom stereocenters. The molecule has 0 aliphatic rings. The van der Waals surface area contributed by atoms with Gasteiger partial charge in [0, 0.05) is 17.2 Å². The number of halogens is 2. The highest BCUT2D eigenvalue weighted by molar-refractivity contribution is 6.37. The van der Waals surface area contributed by atoms with Gasteiger partial charge in [-0.25, -0.2) is 0 Å². The van der Waals surface area contributed by atoms with Gasteiger partial charge in [-0.3, -0.25) is 9.59 Å². The van der Waals surface area contributed by atoms with Gasteiger partial charge in [0.1, 0.15) is 5.75 Å². The molecule has 0 spiro atoms. The minimum absolute atomic E-state index is 0.0917. The summed E-state index contributed by atoms with van der Waals surface area (Å²) >= 11 is 12.6. The quantitative estimate of drug-likeness (QED) is 0.415. The topological polar surface area (TPSA) is 75.6 Å². The van der Waals surface area contributed by atoms with Crippen LogP contribution in [-0.2, 0) is 16.0 Å². The lowest BCUT2D eigenvalue weighted by atomic mass is 10.0. The number of aliphatic carboxylic acids is 1. The van der Waals surface area contributed by atoms with E-state index in [1.807, 2.05) is 44.2 Å². The molecule has 0 aliphatic heterocycles. The van der Waals surface area contributed by atoms with E-state index in [4.69, 9.17) is 33.0 Å². The van der Waals surface area contributed by atoms with Crippen LogP contribution in [0.4, 0.5) is 5.69 Å². The summed E-state index contributed by atoms with van der Waals surface area (Å²) in [6.45, 7) is 3.65. The van der Waals surface area contributed by atoms with Crippen LogP contribution in [0, 0.1) is 5.92 Å². The summed E-state index contributed by atoms with van der Waals surface area (Å²) in [5.41, 5.74) is 2.82. The summed E-state index contributed by atoms with van der Waals surface area (Å²) in [5.74, 6) is -0.536. The Morgan fingerprint density at radius 2 is 1.65 bits per heavy atom. The van der Waals surface area contributed by atoms with Gasteiger partial charge in [-0.05, 0) is 41.5 Å². The Labute approximate surface area is 190 Å². The molecule has 3 rings (SSSR count). The van der Waals surface area contributed by atoms with E-state index in [0.29, 0.717) is 17.0 Å². The number of ether oxygens (including phenoxy) is 1. The second-order valence-electron chi connectivity index (χ2n) is 7.28. The van der Waals surface area contributed by atoms with Crippen LogP contribution in [-0.4, -0.2) is 17.0 Å². The first kappa shape index (κ1) is 22.7. The maximum absolute atomic E-state index is 12.3. The average Bonchev–Trinajstić information content (AvgIpc) is 2.71. The van der Waals surface area contributed by atoms with Crippen molar-refractivity contribution in [2.75, 3.05) is 5.32 Å². The van der Waals surface area contributed by atoms with Crippen LogP contribution in [0.2, 0.25) is 10.0 Å². The highest BCUT2D eigenvalue weighted by Gasteiger charge is 2.16. The number of hydrogen-bond donors (Lipinski definition) is 2. The zero-order chi connectivity index (χ0) is 22.5. The lowest BCUT2D eigenvalue weighted by Gasteiger charge is -2.16. The zero-order valence-corrected chi connectivity index (χ0v) is 18.5. The molecule has 0 saturated heterocycles. The number of hydrogen-bond acceptors (Lipinski definition) is 3. The molecule has 0 radical (unpaired) electrons. The van der Waals surface area contributed by atoms with Gasteiger partial charge in [0.2, 0.25) is 5.91 Å². The molecule has 0 atom stereocenters. The molecule has 2 N–H and O–H groups in total. The lowest BCUT2D eigenvalue weighted by Crippen LogP contribution is -2.18. The molecule has 0 saturated carbocycles. The summed E-state index contributed by atoms with van der Waals surface area (Å²) in [6, 6.07) is 17.9. The van der Waals surface area contributed by atoms with Crippen LogP contribution < -0.4 is 10.1 Å². The summed E-state index contributed by atoms with van der Waals surface area (Å²) in [6.07, 6.45) is -0.192. The van der Waals surface area contributed by atoms with E-state index < -0.39 is 5.97 Å². The number of carboxylic acid groups (broad SMARTS) is 1. The molecule has 160 valence electrons. The van der Waals surface area contributed by atoms with Gasteiger partial charge in [0.15, 0.2) is 5.75 Å². The summed E-state index contributed by atoms with van der Waals surface area (Å²) in [5, 5.41) is 12.3. The third-order valence-electron chi connectivity index (χ3n) is 4.49. The second-order valence-corrected chi connectivity index (χ2v) is 8.09. The van der Waals surface area contributed by atoms with Crippen molar-refractivity contribution >= 4 is 40.8 Å². The minimum atomic E-state index is -0.979. The molecule has 0 aromatic heterocycles. The zero-order valence-electron chi connectivity index (χ0n) is 17.0. The first-order valence-corrected chi connectivity index (χ1v) is 10.4. The minimum Gasteiger partial charge on any atom is -0.481 e. The number of anilines is 1. The molecule has 1 amide bonds. The molecule has 0 heterocycles. The van der Waals surface area contributed by atoms with Gasteiger partial charge in [-0.15, -0.1) is 0 Å². The molecule has 7 heteroatoms. The van der Waals surface area contributed by atoms with Gasteiger partial charge in [-0.2, -0.15) is 0 Å². The highest BCUT2D eigenvalue weighted by Crippen LogP contribution is 2.40. The van der Waals surface area contributed by atoms with Crippen LogP contribution in [0.3, 0.4) is 0 Å². The Balaban J connectivity index is 1.98. The van der Waals surface area contributed by atoms with E-state index >= 15 is 0 Å². The van der Waals surface area contributed by atoms with Crippen molar-refractivity contribution in [2.45, 2.75) is 20.3 Å². The molecular formula is C24H21Cl2NO4. The van der Waals surface area contributed by atoms with Crippen molar-refractivity contribution in [3.63, 3.8) is 0 Å². The Kier molecular flexibility index (Phi) is 7.21. The van der Waals surface area contributed by atoms with Gasteiger partial charge in [-0.1, -0.05) is 67.4 Å². The van der Waals surface area contributed by atoms with Crippen molar-refractivity contribution < 1.29 is 19.4 Å². The lowest BCUT2D eigenvalue weighted by molar-refractivity contribution is -0.136. The van der Waals surface area contributed by atoms with Crippen molar-refractivity contribution in [1.29, 1.82) is 0 Å². The largest absolute Gasteiger partial charge is 0.481 e. The standard InChI is InChI=1S/C24H21Cl2NO4/c1-14(2)24(30)27-21-9-8-17(13-18(21)16-6-4-3-5-7-16)31-23-19(25)10-15(11-20(23)26)12-22(28)29/h3-11,13-14H,12H2,1-2H3,(H,27,30)(H,28,29). The molecular weight excluding hydrogens is 437 g/mol. The van der Waals surface area contributed by atoms with Gasteiger partial charge >= 0.3 is 5.97 Å². The molecule has 3 aromatic carbocycles. The number of benzene rings is 3. The Morgan fingerprint density at radius 1 is 1.00 bits per heavy atom. The number of rotatable bonds is 7. The fraction of sp³-hybridized carbons (Fsp3) is 0.167. The SMILES string of the molecule is CC(C)C(=O)Nc1ccc(Oc2c(Cl)cc(CC(=O)O)cc2Cl)cc1-c1ccccc1. The Morgan fingerprint density at radius 3 is 2.23 bits per heavy atom. The maximum atomic E-state index is 12.3. The molecule has 3 aromatic rings. The molecule has 31 heavy (non-hydrogen) atoms. The fourth-order valence-corrected chi connectivity index (χ4v) is 3.54. The van der Waals surface area contributed by atoms with E-state index in [1.54, 1.807) is 18.2 Å². The predicted octanol–water partition coefficient (Wildman–Crippen LogP) is 6.67. The van der Waals surface area contributed by atoms with E-state index in [0.717, 1.165) is 11.1 Å².